The van der Waals surface area contributed by atoms with Gasteiger partial charge in [-0.15, -0.1) is 0 Å². The van der Waals surface area contributed by atoms with Crippen molar-refractivity contribution in [2.45, 2.75) is 44.7 Å². The van der Waals surface area contributed by atoms with Crippen molar-refractivity contribution in [2.24, 2.45) is 11.5 Å². The molecule has 1 aliphatic carbocycles. The van der Waals surface area contributed by atoms with Crippen LogP contribution in [0.3, 0.4) is 0 Å². The van der Waals surface area contributed by atoms with Gasteiger partial charge in [-0.25, -0.2) is 13.8 Å². The average molecular weight is 376 g/mol. The van der Waals surface area contributed by atoms with Crippen molar-refractivity contribution in [1.82, 2.24) is 9.97 Å². The molecule has 0 aromatic carbocycles. The molecule has 3 rings (SSSR count). The summed E-state index contributed by atoms with van der Waals surface area (Å²) in [6.07, 6.45) is 5.06. The van der Waals surface area contributed by atoms with Crippen molar-refractivity contribution < 1.29 is 13.6 Å². The van der Waals surface area contributed by atoms with Gasteiger partial charge in [0.15, 0.2) is 11.6 Å². The number of amides is 1. The maximum atomic E-state index is 14.5. The van der Waals surface area contributed by atoms with E-state index in [-0.39, 0.29) is 40.7 Å². The first-order valence-corrected chi connectivity index (χ1v) is 8.76. The highest BCUT2D eigenvalue weighted by atomic mass is 19.1. The molecule has 1 fully saturated rings. The third kappa shape index (κ3) is 4.30. The standard InChI is InChI=1S/C18H22F2N6O/c1-9-12(19)6-10(8-23-9)24-17-11(16(22)27)7-13(20)18(26-17)25-15-5-3-2-4-14(15)21/h6-8,14-15H,2-5,21H2,1H3,(H2,22,27)(H2,24,25,26)/t14-,15+/m0/s1. The second kappa shape index (κ2) is 7.83. The molecule has 2 aromatic rings. The molecule has 9 heteroatoms. The fourth-order valence-electron chi connectivity index (χ4n) is 3.10. The normalized spacial score (nSPS) is 19.6. The molecule has 0 unspecified atom stereocenters. The molecule has 7 nitrogen and oxygen atoms in total. The lowest BCUT2D eigenvalue weighted by Gasteiger charge is -2.30. The maximum Gasteiger partial charge on any atom is 0.252 e. The maximum absolute atomic E-state index is 14.5. The van der Waals surface area contributed by atoms with Crippen LogP contribution in [-0.2, 0) is 0 Å². The summed E-state index contributed by atoms with van der Waals surface area (Å²) in [6, 6.07) is 1.99. The van der Waals surface area contributed by atoms with Gasteiger partial charge in [-0.1, -0.05) is 12.8 Å². The van der Waals surface area contributed by atoms with Crippen molar-refractivity contribution in [3.05, 3.63) is 41.2 Å². The first-order chi connectivity index (χ1) is 12.8. The molecule has 0 spiro atoms. The van der Waals surface area contributed by atoms with Crippen LogP contribution in [0, 0.1) is 18.6 Å². The summed E-state index contributed by atoms with van der Waals surface area (Å²) in [6.45, 7) is 1.53. The number of hydrogen-bond donors (Lipinski definition) is 4. The number of rotatable bonds is 5. The molecule has 144 valence electrons. The van der Waals surface area contributed by atoms with Crippen LogP contribution >= 0.6 is 0 Å². The van der Waals surface area contributed by atoms with Crippen LogP contribution in [-0.4, -0.2) is 28.0 Å². The molecule has 0 radical (unpaired) electrons. The lowest BCUT2D eigenvalue weighted by Crippen LogP contribution is -2.43. The Morgan fingerprint density at radius 3 is 2.59 bits per heavy atom. The molecule has 0 aliphatic heterocycles. The minimum atomic E-state index is -0.856. The number of halogens is 2. The van der Waals surface area contributed by atoms with E-state index < -0.39 is 17.5 Å². The van der Waals surface area contributed by atoms with E-state index in [9.17, 15) is 13.6 Å². The molecular formula is C18H22F2N6O. The molecule has 1 amide bonds. The van der Waals surface area contributed by atoms with Gasteiger partial charge in [0.05, 0.1) is 23.1 Å². The largest absolute Gasteiger partial charge is 0.365 e. The summed E-state index contributed by atoms with van der Waals surface area (Å²) in [5.74, 6) is -2.11. The quantitative estimate of drug-likeness (QED) is 0.637. The molecule has 27 heavy (non-hydrogen) atoms. The van der Waals surface area contributed by atoms with Gasteiger partial charge < -0.3 is 22.1 Å². The highest BCUT2D eigenvalue weighted by Gasteiger charge is 2.24. The van der Waals surface area contributed by atoms with Crippen molar-refractivity contribution in [3.8, 4) is 0 Å². The summed E-state index contributed by atoms with van der Waals surface area (Å²) in [7, 11) is 0. The molecule has 6 N–H and O–H groups in total. The minimum Gasteiger partial charge on any atom is -0.365 e. The first-order valence-electron chi connectivity index (χ1n) is 8.76. The summed E-state index contributed by atoms with van der Waals surface area (Å²) in [5.41, 5.74) is 11.8. The molecule has 2 atom stereocenters. The smallest absolute Gasteiger partial charge is 0.252 e. The number of primary amides is 1. The van der Waals surface area contributed by atoms with E-state index in [0.717, 1.165) is 31.7 Å². The number of pyridine rings is 2. The van der Waals surface area contributed by atoms with Gasteiger partial charge in [-0.2, -0.15) is 0 Å². The predicted octanol–water partition coefficient (Wildman–Crippen LogP) is 2.59. The van der Waals surface area contributed by atoms with Gasteiger partial charge in [0, 0.05) is 18.2 Å². The van der Waals surface area contributed by atoms with Gasteiger partial charge in [0.25, 0.3) is 5.91 Å². The zero-order chi connectivity index (χ0) is 19.6. The average Bonchev–Trinajstić information content (AvgIpc) is 2.62. The fraction of sp³-hybridized carbons (Fsp3) is 0.389. The van der Waals surface area contributed by atoms with E-state index in [1.54, 1.807) is 0 Å². The number of carbonyl (C=O) groups excluding carboxylic acids is 1. The number of aromatic nitrogens is 2. The van der Waals surface area contributed by atoms with E-state index >= 15 is 0 Å². The van der Waals surface area contributed by atoms with Gasteiger partial charge >= 0.3 is 0 Å². The lowest BCUT2D eigenvalue weighted by atomic mass is 9.91. The number of nitrogens with one attached hydrogen (secondary N) is 2. The third-order valence-electron chi connectivity index (χ3n) is 4.67. The summed E-state index contributed by atoms with van der Waals surface area (Å²) < 4.78 is 28.2. The first kappa shape index (κ1) is 19.0. The number of nitrogens with two attached hydrogens (primary N) is 2. The molecule has 1 aliphatic rings. The van der Waals surface area contributed by atoms with Crippen molar-refractivity contribution >= 4 is 23.2 Å². The zero-order valence-electron chi connectivity index (χ0n) is 14.9. The summed E-state index contributed by atoms with van der Waals surface area (Å²) in [4.78, 5) is 19.8. The van der Waals surface area contributed by atoms with Crippen molar-refractivity contribution in [1.29, 1.82) is 0 Å². The van der Waals surface area contributed by atoms with E-state index in [0.29, 0.717) is 0 Å². The van der Waals surface area contributed by atoms with Gasteiger partial charge in [0.1, 0.15) is 11.6 Å². The molecule has 0 saturated heterocycles. The number of hydrogen-bond acceptors (Lipinski definition) is 6. The van der Waals surface area contributed by atoms with Crippen LogP contribution in [0.1, 0.15) is 41.7 Å². The highest BCUT2D eigenvalue weighted by molar-refractivity contribution is 5.98. The lowest BCUT2D eigenvalue weighted by molar-refractivity contribution is 0.100. The molecule has 0 bridgehead atoms. The number of aryl methyl sites for hydroxylation is 1. The summed E-state index contributed by atoms with van der Waals surface area (Å²) in [5, 5.41) is 5.80. The van der Waals surface area contributed by atoms with E-state index in [4.69, 9.17) is 11.5 Å². The van der Waals surface area contributed by atoms with Crippen LogP contribution in [0.15, 0.2) is 18.3 Å². The minimum absolute atomic E-state index is 0.0147. The second-order valence-corrected chi connectivity index (χ2v) is 6.69. The Morgan fingerprint density at radius 1 is 1.19 bits per heavy atom. The monoisotopic (exact) mass is 376 g/mol. The number of carbonyl (C=O) groups is 1. The Hall–Kier alpha value is -2.81. The van der Waals surface area contributed by atoms with Crippen LogP contribution in [0.25, 0.3) is 0 Å². The van der Waals surface area contributed by atoms with Gasteiger partial charge in [-0.05, 0) is 25.8 Å². The molecule has 1 saturated carbocycles. The number of anilines is 3. The SMILES string of the molecule is Cc1ncc(Nc2nc(N[C@@H]3CCCC[C@@H]3N)c(F)cc2C(N)=O)cc1F. The van der Waals surface area contributed by atoms with Crippen LogP contribution in [0.2, 0.25) is 0 Å². The fourth-order valence-corrected chi connectivity index (χ4v) is 3.10. The zero-order valence-corrected chi connectivity index (χ0v) is 14.9. The molecule has 2 aromatic heterocycles. The Bertz CT molecular complexity index is 860. The number of nitrogens with zero attached hydrogens (tertiary/aromatic N) is 2. The molecular weight excluding hydrogens is 354 g/mol. The van der Waals surface area contributed by atoms with E-state index in [1.807, 2.05) is 0 Å². The Labute approximate surface area is 155 Å². The second-order valence-electron chi connectivity index (χ2n) is 6.69. The summed E-state index contributed by atoms with van der Waals surface area (Å²) >= 11 is 0. The van der Waals surface area contributed by atoms with Crippen molar-refractivity contribution in [3.63, 3.8) is 0 Å². The van der Waals surface area contributed by atoms with E-state index in [1.165, 1.54) is 19.2 Å². The van der Waals surface area contributed by atoms with Crippen molar-refractivity contribution in [2.75, 3.05) is 10.6 Å². The topological polar surface area (TPSA) is 119 Å². The highest BCUT2D eigenvalue weighted by Crippen LogP contribution is 2.27. The van der Waals surface area contributed by atoms with E-state index in [2.05, 4.69) is 20.6 Å². The van der Waals surface area contributed by atoms with Gasteiger partial charge in [0.2, 0.25) is 0 Å². The third-order valence-corrected chi connectivity index (χ3v) is 4.67. The molecule has 2 heterocycles. The van der Waals surface area contributed by atoms with Crippen LogP contribution in [0.5, 0.6) is 0 Å². The van der Waals surface area contributed by atoms with Crippen LogP contribution < -0.4 is 22.1 Å². The Morgan fingerprint density at radius 2 is 1.93 bits per heavy atom. The Kier molecular flexibility index (Phi) is 5.50. The predicted molar refractivity (Wildman–Crippen MR) is 98.8 cm³/mol. The van der Waals surface area contributed by atoms with Gasteiger partial charge in [-0.3, -0.25) is 9.78 Å². The van der Waals surface area contributed by atoms with Crippen LogP contribution in [0.4, 0.5) is 26.1 Å². The Balaban J connectivity index is 1.92.